The smallest absolute Gasteiger partial charge is 0.242 e. The first-order chi connectivity index (χ1) is 27.3. The zero-order valence-electron chi connectivity index (χ0n) is 34.8. The molecule has 3 atom stereocenters. The van der Waals surface area contributed by atoms with Crippen molar-refractivity contribution in [3.8, 4) is 5.75 Å². The van der Waals surface area contributed by atoms with Crippen LogP contribution in [0.15, 0.2) is 46.5 Å². The maximum absolute atomic E-state index is 12.6. The molecule has 0 saturated carbocycles. The number of hydrogen-bond donors (Lipinski definition) is 9. The van der Waals surface area contributed by atoms with Gasteiger partial charge in [-0.05, 0) is 93.4 Å². The Morgan fingerprint density at radius 3 is 2.22 bits per heavy atom. The van der Waals surface area contributed by atoms with Crippen LogP contribution in [0.4, 0.5) is 0 Å². The van der Waals surface area contributed by atoms with Crippen molar-refractivity contribution < 1.29 is 57.2 Å². The number of Topliss-reactive ketones (excluding diaryl/α,β-unsaturated/α-hetero) is 1. The molecule has 1 saturated heterocycles. The van der Waals surface area contributed by atoms with E-state index in [2.05, 4.69) is 73.8 Å². The van der Waals surface area contributed by atoms with Gasteiger partial charge in [-0.2, -0.15) is 0 Å². The first-order valence-corrected chi connectivity index (χ1v) is 20.7. The number of likely N-dealkylation sites (N-methyl/N-ethyl adjacent to an activating group) is 1. The third-order valence-corrected chi connectivity index (χ3v) is 9.80. The Balaban J connectivity index is 0. The summed E-state index contributed by atoms with van der Waals surface area (Å²) in [6, 6.07) is 8.75. The first kappa shape index (κ1) is 56.9. The Morgan fingerprint density at radius 2 is 1.69 bits per heavy atom. The number of ketones is 1. The molecule has 3 aromatic rings. The van der Waals surface area contributed by atoms with Crippen molar-refractivity contribution in [2.75, 3.05) is 46.3 Å². The molecule has 5 amide bonds. The Bertz CT molecular complexity index is 1660. The second kappa shape index (κ2) is 34.7. The molecule has 3 heterocycles. The van der Waals surface area contributed by atoms with Crippen LogP contribution in [0.3, 0.4) is 0 Å². The number of unbranched alkanes of at least 4 members (excludes halogenated alkanes) is 1. The summed E-state index contributed by atoms with van der Waals surface area (Å²) in [5.74, 6) is -1.17. The van der Waals surface area contributed by atoms with E-state index in [9.17, 15) is 33.6 Å². The molecule has 1 fully saturated rings. The predicted molar refractivity (Wildman–Crippen MR) is 231 cm³/mol. The average molecular weight is 899 g/mol. The molecule has 16 nitrogen and oxygen atoms in total. The summed E-state index contributed by atoms with van der Waals surface area (Å²) in [5.41, 5.74) is 6.52. The van der Waals surface area contributed by atoms with Gasteiger partial charge in [-0.3, -0.25) is 28.8 Å². The first-order valence-electron chi connectivity index (χ1n) is 18.9. The molecule has 19 heteroatoms. The third kappa shape index (κ3) is 27.3. The summed E-state index contributed by atoms with van der Waals surface area (Å²) in [4.78, 5) is 80.3. The van der Waals surface area contributed by atoms with Gasteiger partial charge in [0.05, 0.1) is 25.7 Å². The van der Waals surface area contributed by atoms with Crippen molar-refractivity contribution in [3.05, 3.63) is 59.5 Å². The van der Waals surface area contributed by atoms with Gasteiger partial charge in [0.2, 0.25) is 29.5 Å². The molecule has 1 aliphatic heterocycles. The van der Waals surface area contributed by atoms with E-state index >= 15 is 0 Å². The number of hydrogen-bond acceptors (Lipinski definition) is 13. The minimum absolute atomic E-state index is 0. The number of fused-ring (bicyclic) bond motifs is 1. The topological polar surface area (TPSA) is 250 Å². The van der Waals surface area contributed by atoms with Gasteiger partial charge < -0.3 is 60.3 Å². The number of nitrogens with one attached hydrogen (secondary N) is 7. The van der Waals surface area contributed by atoms with Gasteiger partial charge in [-0.15, -0.1) is 22.7 Å². The Hall–Kier alpha value is -4.17. The predicted octanol–water partition coefficient (Wildman–Crippen LogP) is 2.09. The number of thiophene rings is 2. The minimum atomic E-state index is -0.848. The quantitative estimate of drug-likeness (QED) is 0.0479. The number of amides is 5. The zero-order chi connectivity index (χ0) is 42.4. The fourth-order valence-corrected chi connectivity index (χ4v) is 6.48. The van der Waals surface area contributed by atoms with Crippen LogP contribution in [0, 0.1) is 14.4 Å². The van der Waals surface area contributed by atoms with Crippen LogP contribution >= 0.6 is 22.7 Å². The molecule has 0 aliphatic carbocycles. The average Bonchev–Trinajstić information content (AvgIpc) is 3.99. The molecular formula is C40H63N8O8S2V-. The van der Waals surface area contributed by atoms with Crippen molar-refractivity contribution in [2.45, 2.75) is 83.8 Å². The van der Waals surface area contributed by atoms with Crippen LogP contribution in [-0.2, 0) is 52.1 Å². The van der Waals surface area contributed by atoms with E-state index in [0.717, 1.165) is 13.0 Å². The maximum atomic E-state index is 12.6. The van der Waals surface area contributed by atoms with Gasteiger partial charge >= 0.3 is 0 Å². The van der Waals surface area contributed by atoms with Crippen molar-refractivity contribution in [1.29, 1.82) is 0 Å². The molecule has 2 aromatic heterocycles. The molecule has 0 spiro atoms. The third-order valence-electron chi connectivity index (χ3n) is 8.05. The summed E-state index contributed by atoms with van der Waals surface area (Å²) in [7, 11) is 1.75. The van der Waals surface area contributed by atoms with E-state index in [1.54, 1.807) is 32.3 Å². The second-order valence-electron chi connectivity index (χ2n) is 13.0. The molecule has 329 valence electrons. The van der Waals surface area contributed by atoms with Gasteiger partial charge in [-0.25, -0.2) is 0 Å². The van der Waals surface area contributed by atoms with Crippen molar-refractivity contribution in [3.63, 3.8) is 0 Å². The van der Waals surface area contributed by atoms with Crippen LogP contribution in [0.2, 0.25) is 0 Å². The fraction of sp³-hybridized carbons (Fsp3) is 0.500. The number of rotatable bonds is 19. The molecule has 3 unspecified atom stereocenters. The monoisotopic (exact) mass is 898 g/mol. The second-order valence-corrected chi connectivity index (χ2v) is 14.7. The normalized spacial score (nSPS) is 13.3. The summed E-state index contributed by atoms with van der Waals surface area (Å²) >= 11 is 3.30. The number of carbonyl (C=O) groups excluding carboxylic acids is 7. The standard InChI is InChI=1S/C22H39N7O6.C9H8S.C4H9NO.C4H4OS.CH3.V/c1-2-18(31)29-17(22(35)28-15-8-10-24-12-15)5-3-4-9-25-19(32)7-6-16(14-30)27-21(34)13-26-20(33)11-23;1-7-6-10-9-5-3-2-4-8(7)9;1-4(6)3-5-2;5-4-1-2-6-3-4;;/h14-17,24H,2-13,23H2,1H3,(H,25,32)(H,26,33)(H,27,34)(H,28,35)(H,29,31);2-6H,1H3;5H,3H2,1-2H3;1-3,5H;1H3;/q;;;;-1;. The number of benzene rings is 1. The minimum Gasteiger partial charge on any atom is -0.507 e. The largest absolute Gasteiger partial charge is 0.507 e. The van der Waals surface area contributed by atoms with E-state index in [1.165, 1.54) is 27.0 Å². The van der Waals surface area contributed by atoms with Crippen LogP contribution in [0.25, 0.3) is 10.1 Å². The number of carbonyl (C=O) groups is 7. The van der Waals surface area contributed by atoms with E-state index in [1.807, 2.05) is 16.7 Å². The van der Waals surface area contributed by atoms with E-state index in [-0.39, 0.29) is 87.9 Å². The molecule has 4 rings (SSSR count). The van der Waals surface area contributed by atoms with Crippen LogP contribution in [0.1, 0.15) is 64.4 Å². The Labute approximate surface area is 368 Å². The van der Waals surface area contributed by atoms with Gasteiger partial charge in [0.1, 0.15) is 23.9 Å². The van der Waals surface area contributed by atoms with Crippen molar-refractivity contribution >= 4 is 74.4 Å². The molecule has 59 heavy (non-hydrogen) atoms. The molecule has 0 bridgehead atoms. The molecule has 1 aromatic carbocycles. The Morgan fingerprint density at radius 1 is 0.966 bits per heavy atom. The molecule has 1 aliphatic rings. The summed E-state index contributed by atoms with van der Waals surface area (Å²) in [5, 5.41) is 34.7. The molecule has 1 radical (unpaired) electrons. The van der Waals surface area contributed by atoms with Crippen LogP contribution in [-0.4, -0.2) is 111 Å². The summed E-state index contributed by atoms with van der Waals surface area (Å²) in [6.45, 7) is 7.31. The maximum Gasteiger partial charge on any atom is 0.242 e. The summed E-state index contributed by atoms with van der Waals surface area (Å²) in [6.07, 6.45) is 3.51. The van der Waals surface area contributed by atoms with Crippen LogP contribution in [0.5, 0.6) is 5.75 Å². The van der Waals surface area contributed by atoms with Gasteiger partial charge in [0.15, 0.2) is 0 Å². The molecular weight excluding hydrogens is 836 g/mol. The van der Waals surface area contributed by atoms with Gasteiger partial charge in [0.25, 0.3) is 0 Å². The van der Waals surface area contributed by atoms with Gasteiger partial charge in [-0.1, -0.05) is 25.1 Å². The SMILES string of the molecule is CCC(=O)NC(CCCCNC(=O)CCC(C=O)NC(=O)CNC(=O)CN)C(=O)NC1CCNC1.CNCC(C)=O.Cc1csc2ccccc12.Oc1ccsc1.[CH3-].[V]. The van der Waals surface area contributed by atoms with Crippen LogP contribution < -0.4 is 43.0 Å². The summed E-state index contributed by atoms with van der Waals surface area (Å²) < 4.78 is 1.39. The van der Waals surface area contributed by atoms with Gasteiger partial charge in [0, 0.05) is 60.6 Å². The van der Waals surface area contributed by atoms with E-state index in [0.29, 0.717) is 50.9 Å². The van der Waals surface area contributed by atoms with Crippen molar-refractivity contribution in [2.24, 2.45) is 5.73 Å². The number of aldehydes is 1. The number of nitrogens with two attached hydrogens (primary N) is 1. The van der Waals surface area contributed by atoms with Crippen molar-refractivity contribution in [1.82, 2.24) is 37.2 Å². The van der Waals surface area contributed by atoms with E-state index in [4.69, 9.17) is 10.8 Å². The molecule has 10 N–H and O–H groups in total. The fourth-order valence-electron chi connectivity index (χ4n) is 5.02. The van der Waals surface area contributed by atoms with E-state index < -0.39 is 23.9 Å². The number of aromatic hydroxyl groups is 1. The number of aryl methyl sites for hydroxylation is 1. The zero-order valence-corrected chi connectivity index (χ0v) is 37.8. The Kier molecular flexibility index (Phi) is 33.5.